The highest BCUT2D eigenvalue weighted by Crippen LogP contribution is 2.53. The first-order valence-electron chi connectivity index (χ1n) is 6.77. The summed E-state index contributed by atoms with van der Waals surface area (Å²) in [6, 6.07) is 18.4. The van der Waals surface area contributed by atoms with Crippen molar-refractivity contribution in [1.82, 2.24) is 0 Å². The third kappa shape index (κ3) is 1.46. The molecule has 1 saturated carbocycles. The maximum atomic E-state index is 12.5. The standard InChI is InChI=1S/C17H15NO/c19-16-14-8-4-5-9-15(14)18(17(16)10-11-17)12-13-6-2-1-3-7-13/h1-9H,10-12H2. The van der Waals surface area contributed by atoms with Crippen LogP contribution in [0.4, 0.5) is 5.69 Å². The first-order chi connectivity index (χ1) is 9.31. The maximum Gasteiger partial charge on any atom is 0.190 e. The number of fused-ring (bicyclic) bond motifs is 1. The fraction of sp³-hybridized carbons (Fsp3) is 0.235. The summed E-state index contributed by atoms with van der Waals surface area (Å²) in [7, 11) is 0. The van der Waals surface area contributed by atoms with Gasteiger partial charge in [-0.05, 0) is 30.5 Å². The normalized spacial score (nSPS) is 18.7. The predicted molar refractivity (Wildman–Crippen MR) is 75.4 cm³/mol. The molecule has 1 aliphatic heterocycles. The highest BCUT2D eigenvalue weighted by atomic mass is 16.1. The van der Waals surface area contributed by atoms with Gasteiger partial charge in [0.1, 0.15) is 5.54 Å². The molecule has 0 amide bonds. The zero-order chi connectivity index (χ0) is 12.9. The highest BCUT2D eigenvalue weighted by molar-refractivity contribution is 6.15. The molecule has 4 rings (SSSR count). The van der Waals surface area contributed by atoms with E-state index in [2.05, 4.69) is 35.2 Å². The first-order valence-corrected chi connectivity index (χ1v) is 6.77. The molecule has 2 nitrogen and oxygen atoms in total. The van der Waals surface area contributed by atoms with Gasteiger partial charge in [0.2, 0.25) is 0 Å². The topological polar surface area (TPSA) is 20.3 Å². The number of carbonyl (C=O) groups excluding carboxylic acids is 1. The lowest BCUT2D eigenvalue weighted by atomic mass is 10.1. The average Bonchev–Trinajstić information content (AvgIpc) is 3.23. The quantitative estimate of drug-likeness (QED) is 0.812. The molecule has 0 atom stereocenters. The van der Waals surface area contributed by atoms with Crippen molar-refractivity contribution in [2.75, 3.05) is 4.90 Å². The Labute approximate surface area is 112 Å². The fourth-order valence-corrected chi connectivity index (χ4v) is 3.12. The van der Waals surface area contributed by atoms with Gasteiger partial charge in [-0.3, -0.25) is 4.79 Å². The molecule has 0 bridgehead atoms. The molecule has 1 heterocycles. The van der Waals surface area contributed by atoms with Crippen molar-refractivity contribution in [2.24, 2.45) is 0 Å². The summed E-state index contributed by atoms with van der Waals surface area (Å²) < 4.78 is 0. The van der Waals surface area contributed by atoms with Crippen molar-refractivity contribution >= 4 is 11.5 Å². The van der Waals surface area contributed by atoms with Crippen molar-refractivity contribution in [2.45, 2.75) is 24.9 Å². The molecule has 94 valence electrons. The van der Waals surface area contributed by atoms with E-state index in [1.807, 2.05) is 24.3 Å². The average molecular weight is 249 g/mol. The molecule has 0 aromatic heterocycles. The van der Waals surface area contributed by atoms with Crippen molar-refractivity contribution in [3.8, 4) is 0 Å². The summed E-state index contributed by atoms with van der Waals surface area (Å²) in [5, 5.41) is 0. The van der Waals surface area contributed by atoms with Crippen LogP contribution in [-0.4, -0.2) is 11.3 Å². The van der Waals surface area contributed by atoms with E-state index >= 15 is 0 Å². The Morgan fingerprint density at radius 2 is 1.63 bits per heavy atom. The molecular weight excluding hydrogens is 234 g/mol. The molecule has 2 heteroatoms. The number of hydrogen-bond donors (Lipinski definition) is 0. The van der Waals surface area contributed by atoms with E-state index in [0.29, 0.717) is 5.78 Å². The summed E-state index contributed by atoms with van der Waals surface area (Å²) >= 11 is 0. The van der Waals surface area contributed by atoms with Crippen molar-refractivity contribution in [3.05, 3.63) is 65.7 Å². The molecule has 19 heavy (non-hydrogen) atoms. The molecular formula is C17H15NO. The molecule has 0 radical (unpaired) electrons. The van der Waals surface area contributed by atoms with E-state index in [9.17, 15) is 4.79 Å². The van der Waals surface area contributed by atoms with Crippen molar-refractivity contribution < 1.29 is 4.79 Å². The van der Waals surface area contributed by atoms with Gasteiger partial charge in [-0.2, -0.15) is 0 Å². The van der Waals surface area contributed by atoms with Gasteiger partial charge in [0.25, 0.3) is 0 Å². The minimum atomic E-state index is -0.223. The number of ketones is 1. The van der Waals surface area contributed by atoms with Crippen LogP contribution >= 0.6 is 0 Å². The molecule has 0 saturated heterocycles. The second-order valence-electron chi connectivity index (χ2n) is 5.45. The fourth-order valence-electron chi connectivity index (χ4n) is 3.12. The van der Waals surface area contributed by atoms with Crippen LogP contribution in [0.2, 0.25) is 0 Å². The molecule has 2 aliphatic rings. The van der Waals surface area contributed by atoms with Crippen molar-refractivity contribution in [1.29, 1.82) is 0 Å². The van der Waals surface area contributed by atoms with Crippen molar-refractivity contribution in [3.63, 3.8) is 0 Å². The zero-order valence-corrected chi connectivity index (χ0v) is 10.7. The van der Waals surface area contributed by atoms with Gasteiger partial charge in [-0.25, -0.2) is 0 Å². The third-order valence-corrected chi connectivity index (χ3v) is 4.29. The van der Waals surface area contributed by atoms with Crippen LogP contribution < -0.4 is 4.90 Å². The Bertz CT molecular complexity index is 643. The number of Topliss-reactive ketones (excluding diaryl/α,β-unsaturated/α-hetero) is 1. The van der Waals surface area contributed by atoms with Crippen LogP contribution in [0.1, 0.15) is 28.8 Å². The van der Waals surface area contributed by atoms with E-state index in [0.717, 1.165) is 30.6 Å². The number of benzene rings is 2. The lowest BCUT2D eigenvalue weighted by Gasteiger charge is -2.26. The highest BCUT2D eigenvalue weighted by Gasteiger charge is 2.59. The van der Waals surface area contributed by atoms with Gasteiger partial charge in [0, 0.05) is 17.8 Å². The Morgan fingerprint density at radius 1 is 0.947 bits per heavy atom. The largest absolute Gasteiger partial charge is 0.353 e. The second-order valence-corrected chi connectivity index (χ2v) is 5.45. The van der Waals surface area contributed by atoms with Gasteiger partial charge in [0.15, 0.2) is 5.78 Å². The number of anilines is 1. The number of rotatable bonds is 2. The molecule has 2 aromatic rings. The smallest absolute Gasteiger partial charge is 0.190 e. The first kappa shape index (κ1) is 10.8. The zero-order valence-electron chi connectivity index (χ0n) is 10.7. The van der Waals surface area contributed by atoms with Crippen LogP contribution in [0.15, 0.2) is 54.6 Å². The molecule has 1 aliphatic carbocycles. The number of para-hydroxylation sites is 1. The van der Waals surface area contributed by atoms with Gasteiger partial charge < -0.3 is 4.90 Å². The van der Waals surface area contributed by atoms with Crippen LogP contribution in [0.25, 0.3) is 0 Å². The van der Waals surface area contributed by atoms with E-state index in [4.69, 9.17) is 0 Å². The summed E-state index contributed by atoms with van der Waals surface area (Å²) in [6.45, 7) is 0.823. The summed E-state index contributed by atoms with van der Waals surface area (Å²) in [5.41, 5.74) is 3.04. The summed E-state index contributed by atoms with van der Waals surface area (Å²) in [6.07, 6.45) is 1.99. The molecule has 1 fully saturated rings. The SMILES string of the molecule is O=C1c2ccccc2N(Cc2ccccc2)C12CC2. The second kappa shape index (κ2) is 3.70. The molecule has 0 N–H and O–H groups in total. The van der Waals surface area contributed by atoms with Gasteiger partial charge in [-0.1, -0.05) is 42.5 Å². The van der Waals surface area contributed by atoms with E-state index in [1.165, 1.54) is 5.56 Å². The van der Waals surface area contributed by atoms with E-state index in [1.54, 1.807) is 0 Å². The van der Waals surface area contributed by atoms with Crippen LogP contribution in [0.5, 0.6) is 0 Å². The number of nitrogens with zero attached hydrogens (tertiary/aromatic N) is 1. The lowest BCUT2D eigenvalue weighted by molar-refractivity contribution is 0.0958. The van der Waals surface area contributed by atoms with E-state index in [-0.39, 0.29) is 5.54 Å². The van der Waals surface area contributed by atoms with Crippen LogP contribution in [0, 0.1) is 0 Å². The number of carbonyl (C=O) groups is 1. The maximum absolute atomic E-state index is 12.5. The predicted octanol–water partition coefficient (Wildman–Crippen LogP) is 3.42. The lowest BCUT2D eigenvalue weighted by Crippen LogP contribution is -2.37. The molecule has 1 spiro atoms. The monoisotopic (exact) mass is 249 g/mol. The Balaban J connectivity index is 1.77. The number of hydrogen-bond acceptors (Lipinski definition) is 2. The minimum absolute atomic E-state index is 0.223. The van der Waals surface area contributed by atoms with Crippen LogP contribution in [-0.2, 0) is 6.54 Å². The minimum Gasteiger partial charge on any atom is -0.353 e. The molecule has 2 aromatic carbocycles. The van der Waals surface area contributed by atoms with E-state index < -0.39 is 0 Å². The van der Waals surface area contributed by atoms with Gasteiger partial charge in [-0.15, -0.1) is 0 Å². The summed E-state index contributed by atoms with van der Waals surface area (Å²) in [5.74, 6) is 0.319. The van der Waals surface area contributed by atoms with Crippen LogP contribution in [0.3, 0.4) is 0 Å². The Hall–Kier alpha value is -2.09. The summed E-state index contributed by atoms with van der Waals surface area (Å²) in [4.78, 5) is 14.8. The van der Waals surface area contributed by atoms with Gasteiger partial charge >= 0.3 is 0 Å². The van der Waals surface area contributed by atoms with Gasteiger partial charge in [0.05, 0.1) is 0 Å². The Morgan fingerprint density at radius 3 is 2.37 bits per heavy atom. The molecule has 0 unspecified atom stereocenters. The third-order valence-electron chi connectivity index (χ3n) is 4.29. The Kier molecular flexibility index (Phi) is 2.10.